The van der Waals surface area contributed by atoms with E-state index in [4.69, 9.17) is 0 Å². The maximum atomic E-state index is 2.45. The standard InChI is InChI=1S/C13H26/c1-5-7-8-9-12-11(4)13(12)10(3)6-2/h10-13H,5-9H2,1-4H3. The molecule has 0 heteroatoms. The quantitative estimate of drug-likeness (QED) is 0.531. The second kappa shape index (κ2) is 5.02. The first-order valence-electron chi connectivity index (χ1n) is 6.22. The van der Waals surface area contributed by atoms with E-state index in [1.807, 2.05) is 0 Å². The molecule has 0 aliphatic heterocycles. The van der Waals surface area contributed by atoms with E-state index in [0.717, 1.165) is 23.7 Å². The van der Waals surface area contributed by atoms with Crippen LogP contribution in [0.25, 0.3) is 0 Å². The lowest BCUT2D eigenvalue weighted by Gasteiger charge is -2.06. The number of unbranched alkanes of at least 4 members (excludes halogenated alkanes) is 2. The van der Waals surface area contributed by atoms with Gasteiger partial charge in [0.1, 0.15) is 0 Å². The Hall–Kier alpha value is 0. The van der Waals surface area contributed by atoms with E-state index in [1.54, 1.807) is 0 Å². The van der Waals surface area contributed by atoms with Gasteiger partial charge in [0.05, 0.1) is 0 Å². The van der Waals surface area contributed by atoms with Crippen molar-refractivity contribution in [3.8, 4) is 0 Å². The van der Waals surface area contributed by atoms with Crippen molar-refractivity contribution in [1.29, 1.82) is 0 Å². The SMILES string of the molecule is CCCCCC1C(C)C1C(C)CC. The fourth-order valence-electron chi connectivity index (χ4n) is 2.88. The number of rotatable bonds is 6. The summed E-state index contributed by atoms with van der Waals surface area (Å²) in [6.07, 6.45) is 7.16. The highest BCUT2D eigenvalue weighted by molar-refractivity contribution is 4.95. The molecule has 1 aliphatic carbocycles. The van der Waals surface area contributed by atoms with Crippen LogP contribution in [0.15, 0.2) is 0 Å². The molecule has 4 atom stereocenters. The third kappa shape index (κ3) is 2.72. The predicted molar refractivity (Wildman–Crippen MR) is 59.7 cm³/mol. The molecule has 78 valence electrons. The maximum Gasteiger partial charge on any atom is -0.0329 e. The van der Waals surface area contributed by atoms with Gasteiger partial charge in [0.25, 0.3) is 0 Å². The van der Waals surface area contributed by atoms with Crippen LogP contribution in [0.3, 0.4) is 0 Å². The molecule has 0 aromatic carbocycles. The molecule has 0 aromatic rings. The summed E-state index contributed by atoms with van der Waals surface area (Å²) in [4.78, 5) is 0. The predicted octanol–water partition coefficient (Wildman–Crippen LogP) is 4.49. The van der Waals surface area contributed by atoms with Gasteiger partial charge in [-0.3, -0.25) is 0 Å². The minimum atomic E-state index is 0.974. The van der Waals surface area contributed by atoms with Crippen LogP contribution >= 0.6 is 0 Å². The highest BCUT2D eigenvalue weighted by atomic mass is 14.5. The third-order valence-corrected chi connectivity index (χ3v) is 4.08. The van der Waals surface area contributed by atoms with Crippen molar-refractivity contribution in [2.24, 2.45) is 23.7 Å². The summed E-state index contributed by atoms with van der Waals surface area (Å²) in [6.45, 7) is 9.51. The average molecular weight is 182 g/mol. The zero-order chi connectivity index (χ0) is 9.84. The van der Waals surface area contributed by atoms with Crippen LogP contribution in [0, 0.1) is 23.7 Å². The molecule has 1 fully saturated rings. The Morgan fingerprint density at radius 2 is 1.85 bits per heavy atom. The van der Waals surface area contributed by atoms with Gasteiger partial charge in [0.2, 0.25) is 0 Å². The van der Waals surface area contributed by atoms with E-state index < -0.39 is 0 Å². The molecule has 1 rings (SSSR count). The molecule has 1 saturated carbocycles. The zero-order valence-electron chi connectivity index (χ0n) is 9.84. The molecule has 4 unspecified atom stereocenters. The van der Waals surface area contributed by atoms with E-state index in [2.05, 4.69) is 27.7 Å². The molecule has 0 spiro atoms. The van der Waals surface area contributed by atoms with Crippen molar-refractivity contribution < 1.29 is 0 Å². The van der Waals surface area contributed by atoms with Crippen molar-refractivity contribution in [2.45, 2.75) is 59.8 Å². The fourth-order valence-corrected chi connectivity index (χ4v) is 2.88. The summed E-state index contributed by atoms with van der Waals surface area (Å²) >= 11 is 0. The fraction of sp³-hybridized carbons (Fsp3) is 1.00. The van der Waals surface area contributed by atoms with Crippen LogP contribution in [0.5, 0.6) is 0 Å². The highest BCUT2D eigenvalue weighted by Crippen LogP contribution is 2.54. The van der Waals surface area contributed by atoms with Crippen molar-refractivity contribution in [1.82, 2.24) is 0 Å². The van der Waals surface area contributed by atoms with Gasteiger partial charge in [-0.25, -0.2) is 0 Å². The Bertz CT molecular complexity index is 139. The van der Waals surface area contributed by atoms with Crippen LogP contribution in [0.2, 0.25) is 0 Å². The van der Waals surface area contributed by atoms with E-state index in [9.17, 15) is 0 Å². The first-order chi connectivity index (χ1) is 6.22. The molecule has 0 aromatic heterocycles. The van der Waals surface area contributed by atoms with E-state index in [-0.39, 0.29) is 0 Å². The molecule has 0 radical (unpaired) electrons. The lowest BCUT2D eigenvalue weighted by Crippen LogP contribution is -1.97. The average Bonchev–Trinajstić information content (AvgIpc) is 2.76. The van der Waals surface area contributed by atoms with Crippen molar-refractivity contribution in [2.75, 3.05) is 0 Å². The number of hydrogen-bond donors (Lipinski definition) is 0. The minimum Gasteiger partial charge on any atom is -0.0654 e. The molecule has 0 bridgehead atoms. The van der Waals surface area contributed by atoms with E-state index in [1.165, 1.54) is 32.1 Å². The van der Waals surface area contributed by atoms with Gasteiger partial charge in [-0.05, 0) is 30.1 Å². The molecule has 0 nitrogen and oxygen atoms in total. The molecule has 0 saturated heterocycles. The smallest absolute Gasteiger partial charge is 0.0329 e. The summed E-state index contributed by atoms with van der Waals surface area (Å²) in [7, 11) is 0. The normalized spacial score (nSPS) is 34.6. The van der Waals surface area contributed by atoms with Gasteiger partial charge in [-0.15, -0.1) is 0 Å². The van der Waals surface area contributed by atoms with E-state index in [0.29, 0.717) is 0 Å². The molecule has 0 heterocycles. The van der Waals surface area contributed by atoms with Gasteiger partial charge < -0.3 is 0 Å². The van der Waals surface area contributed by atoms with Gasteiger partial charge in [0, 0.05) is 0 Å². The third-order valence-electron chi connectivity index (χ3n) is 4.08. The Morgan fingerprint density at radius 1 is 1.15 bits per heavy atom. The van der Waals surface area contributed by atoms with Gasteiger partial charge >= 0.3 is 0 Å². The molecule has 0 amide bonds. The molecular weight excluding hydrogens is 156 g/mol. The van der Waals surface area contributed by atoms with Crippen LogP contribution in [-0.4, -0.2) is 0 Å². The first kappa shape index (κ1) is 11.1. The lowest BCUT2D eigenvalue weighted by molar-refractivity contribution is 0.439. The Morgan fingerprint density at radius 3 is 2.38 bits per heavy atom. The monoisotopic (exact) mass is 182 g/mol. The number of hydrogen-bond acceptors (Lipinski definition) is 0. The summed E-state index contributed by atoms with van der Waals surface area (Å²) in [6, 6.07) is 0. The van der Waals surface area contributed by atoms with Gasteiger partial charge in [0.15, 0.2) is 0 Å². The van der Waals surface area contributed by atoms with Crippen molar-refractivity contribution >= 4 is 0 Å². The Kier molecular flexibility index (Phi) is 4.28. The molecule has 0 N–H and O–H groups in total. The largest absolute Gasteiger partial charge is 0.0654 e. The minimum absolute atomic E-state index is 0.974. The van der Waals surface area contributed by atoms with E-state index >= 15 is 0 Å². The van der Waals surface area contributed by atoms with Crippen molar-refractivity contribution in [3.05, 3.63) is 0 Å². The van der Waals surface area contributed by atoms with Gasteiger partial charge in [-0.1, -0.05) is 53.4 Å². The van der Waals surface area contributed by atoms with Crippen LogP contribution in [0.4, 0.5) is 0 Å². The highest BCUT2D eigenvalue weighted by Gasteiger charge is 2.47. The topological polar surface area (TPSA) is 0 Å². The van der Waals surface area contributed by atoms with Crippen LogP contribution < -0.4 is 0 Å². The maximum absolute atomic E-state index is 2.45. The second-order valence-corrected chi connectivity index (χ2v) is 4.98. The summed E-state index contributed by atoms with van der Waals surface area (Å²) in [5.74, 6) is 4.16. The molecule has 1 aliphatic rings. The lowest BCUT2D eigenvalue weighted by atomic mass is 9.99. The molecular formula is C13H26. The van der Waals surface area contributed by atoms with Crippen LogP contribution in [-0.2, 0) is 0 Å². The Balaban J connectivity index is 2.16. The summed E-state index contributed by atoms with van der Waals surface area (Å²) < 4.78 is 0. The molecule has 13 heavy (non-hydrogen) atoms. The zero-order valence-corrected chi connectivity index (χ0v) is 9.84. The van der Waals surface area contributed by atoms with Crippen molar-refractivity contribution in [3.63, 3.8) is 0 Å². The van der Waals surface area contributed by atoms with Crippen LogP contribution in [0.1, 0.15) is 59.8 Å². The Labute approximate surface area is 84.1 Å². The van der Waals surface area contributed by atoms with Gasteiger partial charge in [-0.2, -0.15) is 0 Å². The first-order valence-corrected chi connectivity index (χ1v) is 6.22. The summed E-state index contributed by atoms with van der Waals surface area (Å²) in [5.41, 5.74) is 0. The second-order valence-electron chi connectivity index (χ2n) is 4.98. The summed E-state index contributed by atoms with van der Waals surface area (Å²) in [5, 5.41) is 0.